The van der Waals surface area contributed by atoms with Crippen molar-refractivity contribution < 1.29 is 29.0 Å². The lowest BCUT2D eigenvalue weighted by Gasteiger charge is -2.25. The number of carbonyl (C=O) groups excluding carboxylic acids is 3. The topological polar surface area (TPSA) is 106 Å². The van der Waals surface area contributed by atoms with Crippen LogP contribution in [0.5, 0.6) is 5.75 Å². The lowest BCUT2D eigenvalue weighted by atomic mass is 9.96. The molecule has 1 atom stereocenters. The van der Waals surface area contributed by atoms with Crippen molar-refractivity contribution in [1.82, 2.24) is 9.88 Å². The van der Waals surface area contributed by atoms with E-state index in [4.69, 9.17) is 9.47 Å². The summed E-state index contributed by atoms with van der Waals surface area (Å²) >= 11 is 0. The first-order valence-electron chi connectivity index (χ1n) is 12.0. The molecule has 1 aliphatic rings. The summed E-state index contributed by atoms with van der Waals surface area (Å²) in [5.74, 6) is -1.59. The Kier molecular flexibility index (Phi) is 7.67. The number of ketones is 1. The third-order valence-corrected chi connectivity index (χ3v) is 5.86. The van der Waals surface area contributed by atoms with E-state index in [0.717, 1.165) is 0 Å². The number of nitrogens with zero attached hydrogens (tertiary/aromatic N) is 2. The molecule has 0 saturated carbocycles. The fourth-order valence-electron chi connectivity index (χ4n) is 4.18. The van der Waals surface area contributed by atoms with Crippen molar-refractivity contribution in [3.8, 4) is 5.75 Å². The van der Waals surface area contributed by atoms with Crippen LogP contribution in [0.2, 0.25) is 0 Å². The maximum atomic E-state index is 13.2. The molecule has 1 saturated heterocycles. The number of Topliss-reactive ketones (excluding diaryl/α,β-unsaturated/α-hetero) is 1. The maximum absolute atomic E-state index is 13.2. The van der Waals surface area contributed by atoms with Gasteiger partial charge in [-0.2, -0.15) is 0 Å². The first-order valence-corrected chi connectivity index (χ1v) is 12.0. The summed E-state index contributed by atoms with van der Waals surface area (Å²) in [6, 6.07) is 16.0. The predicted molar refractivity (Wildman–Crippen MR) is 137 cm³/mol. The van der Waals surface area contributed by atoms with Crippen molar-refractivity contribution in [2.75, 3.05) is 6.61 Å². The Morgan fingerprint density at radius 2 is 1.70 bits per heavy atom. The van der Waals surface area contributed by atoms with Crippen LogP contribution in [0.1, 0.15) is 53.9 Å². The average Bonchev–Trinajstić information content (AvgIpc) is 3.14. The molecule has 1 amide bonds. The van der Waals surface area contributed by atoms with E-state index in [9.17, 15) is 19.5 Å². The molecule has 37 heavy (non-hydrogen) atoms. The number of hydrogen-bond donors (Lipinski definition) is 1. The molecular formula is C29H28N2O6. The van der Waals surface area contributed by atoms with Crippen molar-refractivity contribution in [1.29, 1.82) is 0 Å². The predicted octanol–water partition coefficient (Wildman–Crippen LogP) is 4.67. The number of likely N-dealkylation sites (tertiary alicyclic amines) is 1. The van der Waals surface area contributed by atoms with E-state index in [-0.39, 0.29) is 24.0 Å². The zero-order chi connectivity index (χ0) is 26.5. The molecular weight excluding hydrogens is 472 g/mol. The minimum absolute atomic E-state index is 0.0145. The summed E-state index contributed by atoms with van der Waals surface area (Å²) in [7, 11) is 0. The molecule has 3 aromatic rings. The molecule has 2 heterocycles. The minimum Gasteiger partial charge on any atom is -0.507 e. The summed E-state index contributed by atoms with van der Waals surface area (Å²) in [6.45, 7) is 6.00. The smallest absolute Gasteiger partial charge is 0.338 e. The molecule has 8 heteroatoms. The van der Waals surface area contributed by atoms with Gasteiger partial charge in [0.1, 0.15) is 11.5 Å². The van der Waals surface area contributed by atoms with Crippen LogP contribution >= 0.6 is 0 Å². The molecule has 1 fully saturated rings. The standard InChI is InChI=1S/C29H28N2O6/c1-4-36-23-13-11-20(12-14-23)26(32)24-25(22-6-5-15-30-16-22)31(28(34)27(24)33)17-19-7-9-21(10-8-19)29(35)37-18(2)3/h5-16,18,25,32H,4,17H2,1-3H3/b26-24+. The van der Waals surface area contributed by atoms with Crippen LogP contribution in [-0.2, 0) is 20.9 Å². The highest BCUT2D eigenvalue weighted by Crippen LogP contribution is 2.40. The second-order valence-corrected chi connectivity index (χ2v) is 8.82. The van der Waals surface area contributed by atoms with Gasteiger partial charge in [-0.25, -0.2) is 4.79 Å². The zero-order valence-corrected chi connectivity index (χ0v) is 20.9. The van der Waals surface area contributed by atoms with E-state index in [1.165, 1.54) is 4.90 Å². The SMILES string of the molecule is CCOc1ccc(/C(O)=C2\C(=O)C(=O)N(Cc3ccc(C(=O)OC(C)C)cc3)C2c2cccnc2)cc1. The van der Waals surface area contributed by atoms with Crippen molar-refractivity contribution in [3.63, 3.8) is 0 Å². The third kappa shape index (κ3) is 5.53. The van der Waals surface area contributed by atoms with Gasteiger partial charge in [0.15, 0.2) is 0 Å². The van der Waals surface area contributed by atoms with E-state index in [1.807, 2.05) is 6.92 Å². The highest BCUT2D eigenvalue weighted by Gasteiger charge is 2.46. The number of aliphatic hydroxyl groups is 1. The van der Waals surface area contributed by atoms with Gasteiger partial charge in [0.2, 0.25) is 0 Å². The second-order valence-electron chi connectivity index (χ2n) is 8.82. The number of ether oxygens (including phenoxy) is 2. The number of hydrogen-bond acceptors (Lipinski definition) is 7. The summed E-state index contributed by atoms with van der Waals surface area (Å²) in [5, 5.41) is 11.2. The van der Waals surface area contributed by atoms with Crippen molar-refractivity contribution in [2.24, 2.45) is 0 Å². The summed E-state index contributed by atoms with van der Waals surface area (Å²) in [6.07, 6.45) is 2.92. The van der Waals surface area contributed by atoms with E-state index >= 15 is 0 Å². The average molecular weight is 501 g/mol. The van der Waals surface area contributed by atoms with Crippen LogP contribution in [0.4, 0.5) is 0 Å². The maximum Gasteiger partial charge on any atom is 0.338 e. The van der Waals surface area contributed by atoms with Gasteiger partial charge in [-0.15, -0.1) is 0 Å². The van der Waals surface area contributed by atoms with E-state index in [1.54, 1.807) is 86.9 Å². The van der Waals surface area contributed by atoms with Crippen molar-refractivity contribution in [3.05, 3.63) is 101 Å². The van der Waals surface area contributed by atoms with Gasteiger partial charge in [-0.1, -0.05) is 18.2 Å². The van der Waals surface area contributed by atoms with Gasteiger partial charge in [-0.3, -0.25) is 14.6 Å². The number of aliphatic hydroxyl groups excluding tert-OH is 1. The largest absolute Gasteiger partial charge is 0.507 e. The molecule has 1 unspecified atom stereocenters. The first-order chi connectivity index (χ1) is 17.8. The number of carbonyl (C=O) groups is 3. The van der Waals surface area contributed by atoms with Gasteiger partial charge in [-0.05, 0) is 74.4 Å². The van der Waals surface area contributed by atoms with Crippen LogP contribution in [0.25, 0.3) is 5.76 Å². The van der Waals surface area contributed by atoms with Crippen LogP contribution < -0.4 is 4.74 Å². The van der Waals surface area contributed by atoms with E-state index < -0.39 is 23.7 Å². The number of rotatable bonds is 8. The molecule has 1 aromatic heterocycles. The monoisotopic (exact) mass is 500 g/mol. The molecule has 4 rings (SSSR count). The number of pyridine rings is 1. The van der Waals surface area contributed by atoms with Crippen LogP contribution in [0.15, 0.2) is 78.6 Å². The van der Waals surface area contributed by atoms with Crippen LogP contribution in [-0.4, -0.2) is 45.4 Å². The molecule has 1 aliphatic heterocycles. The van der Waals surface area contributed by atoms with Gasteiger partial charge >= 0.3 is 5.97 Å². The molecule has 8 nitrogen and oxygen atoms in total. The molecule has 0 aliphatic carbocycles. The van der Waals surface area contributed by atoms with Gasteiger partial charge in [0.05, 0.1) is 29.9 Å². The Labute approximate surface area is 215 Å². The Bertz CT molecular complexity index is 1310. The summed E-state index contributed by atoms with van der Waals surface area (Å²) in [4.78, 5) is 44.1. The van der Waals surface area contributed by atoms with Gasteiger partial charge in [0.25, 0.3) is 11.7 Å². The molecule has 190 valence electrons. The van der Waals surface area contributed by atoms with Crippen LogP contribution in [0.3, 0.4) is 0 Å². The molecule has 0 bridgehead atoms. The highest BCUT2D eigenvalue weighted by atomic mass is 16.5. The molecule has 1 N–H and O–H groups in total. The Morgan fingerprint density at radius 3 is 2.30 bits per heavy atom. The van der Waals surface area contributed by atoms with Crippen molar-refractivity contribution >= 4 is 23.4 Å². The fourth-order valence-corrected chi connectivity index (χ4v) is 4.18. The number of amides is 1. The zero-order valence-electron chi connectivity index (χ0n) is 20.9. The number of benzene rings is 2. The lowest BCUT2D eigenvalue weighted by molar-refractivity contribution is -0.140. The normalized spacial score (nSPS) is 16.8. The number of esters is 1. The third-order valence-electron chi connectivity index (χ3n) is 5.86. The Morgan fingerprint density at radius 1 is 1.03 bits per heavy atom. The van der Waals surface area contributed by atoms with Crippen LogP contribution in [0, 0.1) is 0 Å². The Balaban J connectivity index is 1.70. The molecule has 0 spiro atoms. The summed E-state index contributed by atoms with van der Waals surface area (Å²) < 4.78 is 10.7. The second kappa shape index (κ2) is 11.1. The molecule has 0 radical (unpaired) electrons. The minimum atomic E-state index is -0.842. The lowest BCUT2D eigenvalue weighted by Crippen LogP contribution is -2.29. The number of aromatic nitrogens is 1. The van der Waals surface area contributed by atoms with Gasteiger partial charge in [0, 0.05) is 24.5 Å². The molecule has 2 aromatic carbocycles. The van der Waals surface area contributed by atoms with E-state index in [0.29, 0.717) is 34.6 Å². The van der Waals surface area contributed by atoms with Gasteiger partial charge < -0.3 is 19.5 Å². The van der Waals surface area contributed by atoms with Crippen molar-refractivity contribution in [2.45, 2.75) is 39.5 Å². The first kappa shape index (κ1) is 25.6. The summed E-state index contributed by atoms with van der Waals surface area (Å²) in [5.41, 5.74) is 2.06. The Hall–Kier alpha value is -4.46. The quantitative estimate of drug-likeness (QED) is 0.207. The fraction of sp³-hybridized carbons (Fsp3) is 0.241. The van der Waals surface area contributed by atoms with E-state index in [2.05, 4.69) is 4.98 Å². The highest BCUT2D eigenvalue weighted by molar-refractivity contribution is 6.46.